The topological polar surface area (TPSA) is 85.6 Å². The molecule has 0 unspecified atom stereocenters. The Morgan fingerprint density at radius 2 is 1.78 bits per heavy atom. The Hall–Kier alpha value is -3.46. The number of carbonyl (C=O) groups excluding carboxylic acids is 1. The van der Waals surface area contributed by atoms with E-state index in [1.165, 1.54) is 5.56 Å². The largest absolute Gasteiger partial charge is 0.497 e. The minimum Gasteiger partial charge on any atom is -0.497 e. The Morgan fingerprint density at radius 3 is 2.41 bits per heavy atom. The number of hydrogen-bond donors (Lipinski definition) is 0. The molecular formula is C23H28N6O3. The molecule has 0 atom stereocenters. The maximum atomic E-state index is 13.1. The summed E-state index contributed by atoms with van der Waals surface area (Å²) >= 11 is 0. The van der Waals surface area contributed by atoms with Crippen LogP contribution < -0.4 is 9.47 Å². The van der Waals surface area contributed by atoms with Crippen molar-refractivity contribution in [3.05, 3.63) is 59.4 Å². The van der Waals surface area contributed by atoms with E-state index in [-0.39, 0.29) is 5.91 Å². The third kappa shape index (κ3) is 4.72. The summed E-state index contributed by atoms with van der Waals surface area (Å²) in [6, 6.07) is 11.6. The van der Waals surface area contributed by atoms with Gasteiger partial charge < -0.3 is 14.4 Å². The molecule has 3 heterocycles. The highest BCUT2D eigenvalue weighted by Gasteiger charge is 2.25. The number of benzene rings is 1. The summed E-state index contributed by atoms with van der Waals surface area (Å²) in [4.78, 5) is 17.4. The maximum absolute atomic E-state index is 13.1. The molecule has 1 aromatic carbocycles. The summed E-state index contributed by atoms with van der Waals surface area (Å²) in [6.45, 7) is 8.18. The Labute approximate surface area is 187 Å². The molecule has 0 N–H and O–H groups in total. The summed E-state index contributed by atoms with van der Waals surface area (Å²) < 4.78 is 12.2. The van der Waals surface area contributed by atoms with Crippen LogP contribution in [-0.2, 0) is 6.54 Å². The van der Waals surface area contributed by atoms with Crippen molar-refractivity contribution in [3.8, 4) is 17.4 Å². The van der Waals surface area contributed by atoms with Gasteiger partial charge >= 0.3 is 0 Å². The van der Waals surface area contributed by atoms with E-state index in [0.29, 0.717) is 37.0 Å². The number of amides is 1. The number of carbonyl (C=O) groups is 1. The number of aromatic nitrogens is 4. The van der Waals surface area contributed by atoms with Crippen LogP contribution in [0.3, 0.4) is 0 Å². The first kappa shape index (κ1) is 21.8. The molecule has 168 valence electrons. The summed E-state index contributed by atoms with van der Waals surface area (Å²) in [6.07, 6.45) is 1.61. The monoisotopic (exact) mass is 436 g/mol. The van der Waals surface area contributed by atoms with Crippen molar-refractivity contribution < 1.29 is 14.3 Å². The molecule has 1 aliphatic rings. The van der Waals surface area contributed by atoms with Gasteiger partial charge in [0, 0.05) is 38.8 Å². The molecule has 9 heteroatoms. The predicted molar refractivity (Wildman–Crippen MR) is 119 cm³/mol. The number of nitrogens with zero attached hydrogens (tertiary/aromatic N) is 6. The zero-order valence-electron chi connectivity index (χ0n) is 18.7. The van der Waals surface area contributed by atoms with Crippen molar-refractivity contribution in [2.75, 3.05) is 39.9 Å². The van der Waals surface area contributed by atoms with Crippen LogP contribution in [-0.4, -0.2) is 75.6 Å². The van der Waals surface area contributed by atoms with Gasteiger partial charge in [0.05, 0.1) is 31.2 Å². The first-order valence-electron chi connectivity index (χ1n) is 10.7. The fourth-order valence-corrected chi connectivity index (χ4v) is 3.77. The SMILES string of the molecule is CCOc1ccc(-n2ncc(C(=O)N3CCN(Cc4ccc(OC)cc4)CC3)c2C)nn1. The molecule has 0 spiro atoms. The summed E-state index contributed by atoms with van der Waals surface area (Å²) in [5.41, 5.74) is 2.57. The Balaban J connectivity index is 1.37. The third-order valence-electron chi connectivity index (χ3n) is 5.60. The van der Waals surface area contributed by atoms with Gasteiger partial charge in [-0.05, 0) is 37.6 Å². The molecule has 1 fully saturated rings. The van der Waals surface area contributed by atoms with Gasteiger partial charge in [0.15, 0.2) is 5.82 Å². The zero-order chi connectivity index (χ0) is 22.5. The normalized spacial score (nSPS) is 14.4. The second-order valence-corrected chi connectivity index (χ2v) is 7.63. The van der Waals surface area contributed by atoms with Gasteiger partial charge in [-0.25, -0.2) is 4.68 Å². The highest BCUT2D eigenvalue weighted by Crippen LogP contribution is 2.18. The molecule has 32 heavy (non-hydrogen) atoms. The van der Waals surface area contributed by atoms with E-state index >= 15 is 0 Å². The minimum absolute atomic E-state index is 0.00302. The molecule has 1 aliphatic heterocycles. The molecule has 3 aromatic rings. The van der Waals surface area contributed by atoms with Crippen molar-refractivity contribution in [1.29, 1.82) is 0 Å². The average molecular weight is 437 g/mol. The first-order valence-corrected chi connectivity index (χ1v) is 10.7. The van der Waals surface area contributed by atoms with E-state index < -0.39 is 0 Å². The van der Waals surface area contributed by atoms with E-state index in [0.717, 1.165) is 31.1 Å². The smallest absolute Gasteiger partial charge is 0.257 e. The van der Waals surface area contributed by atoms with Crippen LogP contribution in [0.5, 0.6) is 11.6 Å². The van der Waals surface area contributed by atoms with Crippen molar-refractivity contribution in [1.82, 2.24) is 29.8 Å². The summed E-state index contributed by atoms with van der Waals surface area (Å²) in [5, 5.41) is 12.6. The van der Waals surface area contributed by atoms with Gasteiger partial charge in [-0.15, -0.1) is 10.2 Å². The molecule has 0 aliphatic carbocycles. The lowest BCUT2D eigenvalue weighted by molar-refractivity contribution is 0.0627. The van der Waals surface area contributed by atoms with Crippen LogP contribution >= 0.6 is 0 Å². The molecule has 0 radical (unpaired) electrons. The van der Waals surface area contributed by atoms with Gasteiger partial charge in [-0.3, -0.25) is 9.69 Å². The molecule has 0 saturated carbocycles. The quantitative estimate of drug-likeness (QED) is 0.562. The number of methoxy groups -OCH3 is 1. The van der Waals surface area contributed by atoms with Crippen molar-refractivity contribution in [2.45, 2.75) is 20.4 Å². The van der Waals surface area contributed by atoms with Gasteiger partial charge in [-0.1, -0.05) is 12.1 Å². The van der Waals surface area contributed by atoms with Gasteiger partial charge in [0.1, 0.15) is 5.75 Å². The second-order valence-electron chi connectivity index (χ2n) is 7.63. The number of piperazine rings is 1. The van der Waals surface area contributed by atoms with Crippen LogP contribution in [0.1, 0.15) is 28.5 Å². The van der Waals surface area contributed by atoms with Crippen LogP contribution in [0.4, 0.5) is 0 Å². The van der Waals surface area contributed by atoms with E-state index in [4.69, 9.17) is 9.47 Å². The minimum atomic E-state index is -0.00302. The Kier molecular flexibility index (Phi) is 6.65. The highest BCUT2D eigenvalue weighted by molar-refractivity contribution is 5.95. The van der Waals surface area contributed by atoms with E-state index in [1.807, 2.05) is 30.9 Å². The van der Waals surface area contributed by atoms with E-state index in [9.17, 15) is 4.79 Å². The standard InChI is InChI=1S/C23H28N6O3/c1-4-32-22-10-9-21(25-26-22)29-17(2)20(15-24-29)23(30)28-13-11-27(12-14-28)16-18-5-7-19(31-3)8-6-18/h5-10,15H,4,11-14,16H2,1-3H3. The molecule has 9 nitrogen and oxygen atoms in total. The summed E-state index contributed by atoms with van der Waals surface area (Å²) in [7, 11) is 1.67. The van der Waals surface area contributed by atoms with Crippen LogP contribution in [0.15, 0.2) is 42.6 Å². The number of hydrogen-bond acceptors (Lipinski definition) is 7. The second kappa shape index (κ2) is 9.78. The highest BCUT2D eigenvalue weighted by atomic mass is 16.5. The van der Waals surface area contributed by atoms with Gasteiger partial charge in [0.2, 0.25) is 5.88 Å². The maximum Gasteiger partial charge on any atom is 0.257 e. The number of ether oxygens (including phenoxy) is 2. The molecule has 1 saturated heterocycles. The van der Waals surface area contributed by atoms with Crippen LogP contribution in [0, 0.1) is 6.92 Å². The lowest BCUT2D eigenvalue weighted by Crippen LogP contribution is -2.48. The zero-order valence-corrected chi connectivity index (χ0v) is 18.7. The van der Waals surface area contributed by atoms with E-state index in [1.54, 1.807) is 30.1 Å². The third-order valence-corrected chi connectivity index (χ3v) is 5.60. The molecule has 4 rings (SSSR count). The van der Waals surface area contributed by atoms with Gasteiger partial charge in [-0.2, -0.15) is 5.10 Å². The lowest BCUT2D eigenvalue weighted by Gasteiger charge is -2.34. The Bertz CT molecular complexity index is 1040. The lowest BCUT2D eigenvalue weighted by atomic mass is 10.1. The Morgan fingerprint density at radius 1 is 1.03 bits per heavy atom. The molecular weight excluding hydrogens is 408 g/mol. The predicted octanol–water partition coefficient (Wildman–Crippen LogP) is 2.34. The number of rotatable bonds is 7. The van der Waals surface area contributed by atoms with Crippen LogP contribution in [0.2, 0.25) is 0 Å². The van der Waals surface area contributed by atoms with Gasteiger partial charge in [0.25, 0.3) is 5.91 Å². The van der Waals surface area contributed by atoms with E-state index in [2.05, 4.69) is 32.3 Å². The molecule has 1 amide bonds. The molecule has 0 bridgehead atoms. The van der Waals surface area contributed by atoms with Crippen molar-refractivity contribution in [3.63, 3.8) is 0 Å². The van der Waals surface area contributed by atoms with Crippen molar-refractivity contribution in [2.24, 2.45) is 0 Å². The van der Waals surface area contributed by atoms with Crippen LogP contribution in [0.25, 0.3) is 5.82 Å². The first-order chi connectivity index (χ1) is 15.6. The average Bonchev–Trinajstić information content (AvgIpc) is 3.21. The molecule has 2 aromatic heterocycles. The van der Waals surface area contributed by atoms with Crippen molar-refractivity contribution >= 4 is 5.91 Å². The summed E-state index contributed by atoms with van der Waals surface area (Å²) in [5.74, 6) is 1.87. The fraction of sp³-hybridized carbons (Fsp3) is 0.391. The fourth-order valence-electron chi connectivity index (χ4n) is 3.77.